The van der Waals surface area contributed by atoms with Crippen LogP contribution in [0.25, 0.3) is 6.08 Å². The Bertz CT molecular complexity index is 667. The summed E-state index contributed by atoms with van der Waals surface area (Å²) in [6, 6.07) is 4.76. The minimum absolute atomic E-state index is 0.0990. The summed E-state index contributed by atoms with van der Waals surface area (Å²) >= 11 is 7.29. The van der Waals surface area contributed by atoms with Crippen molar-refractivity contribution >= 4 is 40.5 Å². The van der Waals surface area contributed by atoms with E-state index >= 15 is 0 Å². The minimum atomic E-state index is -0.259. The van der Waals surface area contributed by atoms with Gasteiger partial charge < -0.3 is 14.9 Å². The highest BCUT2D eigenvalue weighted by molar-refractivity contribution is 8.18. The Morgan fingerprint density at radius 1 is 1.41 bits per heavy atom. The maximum absolute atomic E-state index is 12.1. The van der Waals surface area contributed by atoms with Crippen LogP contribution in [0.3, 0.4) is 0 Å². The molecular formula is C15H17ClN3O2S+. The molecule has 5 nitrogen and oxygen atoms in total. The van der Waals surface area contributed by atoms with Crippen LogP contribution >= 0.6 is 23.4 Å². The number of carbonyl (C=O) groups is 1. The number of likely N-dealkylation sites (N-methyl/N-ethyl adjacent to an activating group) is 1. The summed E-state index contributed by atoms with van der Waals surface area (Å²) in [5.74, 6) is -0.160. The fourth-order valence-electron chi connectivity index (χ4n) is 2.40. The SMILES string of the molecule is C[NH+]1CCN(C2=NC(=O)/C(=C/c3cc(Cl)ccc3O)S2)CC1. The first-order valence-electron chi connectivity index (χ1n) is 7.10. The van der Waals surface area contributed by atoms with Crippen LogP contribution in [0, 0.1) is 0 Å². The average molecular weight is 339 g/mol. The number of carbonyl (C=O) groups excluding carboxylic acids is 1. The van der Waals surface area contributed by atoms with E-state index < -0.39 is 0 Å². The molecule has 0 unspecified atom stereocenters. The standard InChI is InChI=1S/C15H16ClN3O2S/c1-18-4-6-19(7-5-18)15-17-14(21)13(22-15)9-10-8-11(16)2-3-12(10)20/h2-3,8-9,20H,4-7H2,1H3/p+1/b13-9-. The number of hydrogen-bond donors (Lipinski definition) is 2. The average Bonchev–Trinajstić information content (AvgIpc) is 2.85. The first-order valence-corrected chi connectivity index (χ1v) is 8.30. The molecule has 2 aliphatic rings. The lowest BCUT2D eigenvalue weighted by molar-refractivity contribution is -0.883. The van der Waals surface area contributed by atoms with Crippen molar-refractivity contribution in [2.75, 3.05) is 33.2 Å². The Labute approximate surface area is 138 Å². The van der Waals surface area contributed by atoms with E-state index in [1.165, 1.54) is 22.7 Å². The van der Waals surface area contributed by atoms with E-state index in [1.807, 2.05) is 0 Å². The van der Waals surface area contributed by atoms with Gasteiger partial charge in [0.25, 0.3) is 5.91 Å². The second-order valence-corrected chi connectivity index (χ2v) is 6.90. The van der Waals surface area contributed by atoms with Gasteiger partial charge in [0.1, 0.15) is 5.75 Å². The number of benzene rings is 1. The van der Waals surface area contributed by atoms with E-state index in [2.05, 4.69) is 16.9 Å². The lowest BCUT2D eigenvalue weighted by Crippen LogP contribution is -3.12. The van der Waals surface area contributed by atoms with Crippen molar-refractivity contribution in [3.8, 4) is 5.75 Å². The zero-order valence-electron chi connectivity index (χ0n) is 12.2. The molecule has 3 rings (SSSR count). The minimum Gasteiger partial charge on any atom is -0.507 e. The predicted molar refractivity (Wildman–Crippen MR) is 89.3 cm³/mol. The number of halogens is 1. The maximum Gasteiger partial charge on any atom is 0.286 e. The summed E-state index contributed by atoms with van der Waals surface area (Å²) in [7, 11) is 2.17. The number of amidine groups is 1. The molecule has 1 amide bonds. The number of piperazine rings is 1. The van der Waals surface area contributed by atoms with Crippen LogP contribution in [0.4, 0.5) is 0 Å². The van der Waals surface area contributed by atoms with E-state index in [4.69, 9.17) is 11.6 Å². The summed E-state index contributed by atoms with van der Waals surface area (Å²) in [5, 5.41) is 11.1. The highest BCUT2D eigenvalue weighted by Gasteiger charge is 2.28. The molecule has 1 aromatic rings. The number of aliphatic imine (C=N–C) groups is 1. The first-order chi connectivity index (χ1) is 10.5. The number of amides is 1. The topological polar surface area (TPSA) is 57.3 Å². The van der Waals surface area contributed by atoms with Crippen LogP contribution in [0.1, 0.15) is 5.56 Å². The Morgan fingerprint density at radius 2 is 2.14 bits per heavy atom. The van der Waals surface area contributed by atoms with E-state index in [-0.39, 0.29) is 11.7 Å². The number of nitrogens with zero attached hydrogens (tertiary/aromatic N) is 2. The number of thioether (sulfide) groups is 1. The third-order valence-corrected chi connectivity index (χ3v) is 5.05. The molecule has 7 heteroatoms. The summed E-state index contributed by atoms with van der Waals surface area (Å²) < 4.78 is 0. The van der Waals surface area contributed by atoms with Gasteiger partial charge in [-0.05, 0) is 36.0 Å². The molecule has 2 aliphatic heterocycles. The van der Waals surface area contributed by atoms with Crippen LogP contribution in [0.5, 0.6) is 5.75 Å². The molecule has 0 atom stereocenters. The van der Waals surface area contributed by atoms with Gasteiger partial charge in [0.2, 0.25) is 0 Å². The Hall–Kier alpha value is -1.50. The van der Waals surface area contributed by atoms with E-state index in [9.17, 15) is 9.90 Å². The molecule has 1 fully saturated rings. The van der Waals surface area contributed by atoms with Crippen LogP contribution in [0.2, 0.25) is 5.02 Å². The second kappa shape index (κ2) is 6.32. The summed E-state index contributed by atoms with van der Waals surface area (Å²) in [6.07, 6.45) is 1.64. The smallest absolute Gasteiger partial charge is 0.286 e. The molecule has 22 heavy (non-hydrogen) atoms. The molecule has 0 spiro atoms. The highest BCUT2D eigenvalue weighted by atomic mass is 35.5. The van der Waals surface area contributed by atoms with Gasteiger partial charge in [-0.1, -0.05) is 11.6 Å². The quantitative estimate of drug-likeness (QED) is 0.745. The molecule has 2 N–H and O–H groups in total. The summed E-state index contributed by atoms with van der Waals surface area (Å²) in [6.45, 7) is 3.89. The zero-order chi connectivity index (χ0) is 15.7. The lowest BCUT2D eigenvalue weighted by Gasteiger charge is -2.30. The third kappa shape index (κ3) is 3.29. The molecule has 1 saturated heterocycles. The Morgan fingerprint density at radius 3 is 2.86 bits per heavy atom. The Balaban J connectivity index is 1.77. The molecular weight excluding hydrogens is 322 g/mol. The number of nitrogens with one attached hydrogen (secondary N) is 1. The molecule has 0 radical (unpaired) electrons. The van der Waals surface area contributed by atoms with Crippen molar-refractivity contribution in [3.63, 3.8) is 0 Å². The Kier molecular flexibility index (Phi) is 4.42. The number of hydrogen-bond acceptors (Lipinski definition) is 4. The fourth-order valence-corrected chi connectivity index (χ4v) is 3.53. The van der Waals surface area contributed by atoms with Crippen LogP contribution in [-0.2, 0) is 4.79 Å². The van der Waals surface area contributed by atoms with Gasteiger partial charge >= 0.3 is 0 Å². The molecule has 116 valence electrons. The highest BCUT2D eigenvalue weighted by Crippen LogP contribution is 2.32. The van der Waals surface area contributed by atoms with E-state index in [0.29, 0.717) is 15.5 Å². The van der Waals surface area contributed by atoms with Gasteiger partial charge in [-0.2, -0.15) is 4.99 Å². The fraction of sp³-hybridized carbons (Fsp3) is 0.333. The van der Waals surface area contributed by atoms with Gasteiger partial charge in [-0.3, -0.25) is 4.79 Å². The summed E-state index contributed by atoms with van der Waals surface area (Å²) in [4.78, 5) is 20.4. The third-order valence-electron chi connectivity index (χ3n) is 3.77. The molecule has 1 aromatic carbocycles. The molecule has 0 bridgehead atoms. The van der Waals surface area contributed by atoms with E-state index in [0.717, 1.165) is 31.3 Å². The van der Waals surface area contributed by atoms with Crippen molar-refractivity contribution in [1.82, 2.24) is 4.90 Å². The maximum atomic E-state index is 12.1. The second-order valence-electron chi connectivity index (χ2n) is 5.46. The molecule has 0 aromatic heterocycles. The van der Waals surface area contributed by atoms with Gasteiger partial charge in [-0.25, -0.2) is 0 Å². The largest absolute Gasteiger partial charge is 0.507 e. The number of aromatic hydroxyl groups is 1. The van der Waals surface area contributed by atoms with Crippen molar-refractivity contribution in [2.24, 2.45) is 4.99 Å². The zero-order valence-corrected chi connectivity index (χ0v) is 13.7. The number of phenols is 1. The normalized spacial score (nSPS) is 21.5. The number of phenolic OH excluding ortho intramolecular Hbond substituents is 1. The first kappa shape index (κ1) is 15.4. The molecule has 0 aliphatic carbocycles. The van der Waals surface area contributed by atoms with Crippen molar-refractivity contribution < 1.29 is 14.8 Å². The van der Waals surface area contributed by atoms with E-state index in [1.54, 1.807) is 18.2 Å². The number of rotatable bonds is 1. The monoisotopic (exact) mass is 338 g/mol. The predicted octanol–water partition coefficient (Wildman–Crippen LogP) is 0.846. The van der Waals surface area contributed by atoms with Gasteiger partial charge in [0.15, 0.2) is 5.17 Å². The van der Waals surface area contributed by atoms with Gasteiger partial charge in [-0.15, -0.1) is 0 Å². The molecule has 0 saturated carbocycles. The van der Waals surface area contributed by atoms with Crippen molar-refractivity contribution in [1.29, 1.82) is 0 Å². The van der Waals surface area contributed by atoms with Gasteiger partial charge in [0.05, 0.1) is 38.1 Å². The number of quaternary nitrogens is 1. The lowest BCUT2D eigenvalue weighted by atomic mass is 10.2. The summed E-state index contributed by atoms with van der Waals surface area (Å²) in [5.41, 5.74) is 0.530. The van der Waals surface area contributed by atoms with Crippen molar-refractivity contribution in [3.05, 3.63) is 33.7 Å². The molecule has 2 heterocycles. The van der Waals surface area contributed by atoms with Crippen LogP contribution in [0.15, 0.2) is 28.1 Å². The van der Waals surface area contributed by atoms with Crippen LogP contribution in [-0.4, -0.2) is 54.3 Å². The van der Waals surface area contributed by atoms with Gasteiger partial charge in [0, 0.05) is 10.6 Å². The van der Waals surface area contributed by atoms with Crippen LogP contribution < -0.4 is 4.90 Å². The van der Waals surface area contributed by atoms with Crippen molar-refractivity contribution in [2.45, 2.75) is 0 Å².